The van der Waals surface area contributed by atoms with Gasteiger partial charge in [-0.15, -0.1) is 0 Å². The average Bonchev–Trinajstić information content (AvgIpc) is 2.48. The summed E-state index contributed by atoms with van der Waals surface area (Å²) >= 11 is 0. The van der Waals surface area contributed by atoms with Crippen molar-refractivity contribution in [2.24, 2.45) is 0 Å². The molecule has 114 valence electrons. The Morgan fingerprint density at radius 1 is 1.19 bits per heavy atom. The quantitative estimate of drug-likeness (QED) is 0.892. The number of amides is 1. The van der Waals surface area contributed by atoms with Gasteiger partial charge in [-0.05, 0) is 44.2 Å². The van der Waals surface area contributed by atoms with Gasteiger partial charge < -0.3 is 15.1 Å². The summed E-state index contributed by atoms with van der Waals surface area (Å²) in [4.78, 5) is 26.0. The van der Waals surface area contributed by atoms with Crippen molar-refractivity contribution in [2.45, 2.75) is 39.2 Å². The first-order valence-electron chi connectivity index (χ1n) is 7.22. The van der Waals surface area contributed by atoms with Crippen LogP contribution in [-0.4, -0.2) is 46.2 Å². The van der Waals surface area contributed by atoms with Gasteiger partial charge in [0.2, 0.25) is 0 Å². The number of likely N-dealkylation sites (tertiary alicyclic amines) is 1. The maximum atomic E-state index is 12.8. The molecular weight excluding hydrogens is 270 g/mol. The van der Waals surface area contributed by atoms with E-state index in [0.717, 1.165) is 19.3 Å². The van der Waals surface area contributed by atoms with Crippen LogP contribution in [0.2, 0.25) is 0 Å². The molecule has 5 nitrogen and oxygen atoms in total. The summed E-state index contributed by atoms with van der Waals surface area (Å²) in [7, 11) is 0. The highest BCUT2D eigenvalue weighted by molar-refractivity contribution is 6.06. The third-order valence-electron chi connectivity index (χ3n) is 4.15. The zero-order chi connectivity index (χ0) is 15.6. The van der Waals surface area contributed by atoms with Gasteiger partial charge in [0, 0.05) is 6.54 Å². The Kier molecular flexibility index (Phi) is 4.63. The zero-order valence-corrected chi connectivity index (χ0v) is 12.4. The van der Waals surface area contributed by atoms with Crippen molar-refractivity contribution in [1.29, 1.82) is 0 Å². The highest BCUT2D eigenvalue weighted by atomic mass is 16.4. The number of carboxylic acid groups (broad SMARTS) is 1. The molecule has 1 saturated heterocycles. The van der Waals surface area contributed by atoms with Crippen molar-refractivity contribution in [3.05, 3.63) is 34.4 Å². The summed E-state index contributed by atoms with van der Waals surface area (Å²) < 4.78 is 0. The number of hydrogen-bond donors (Lipinski definition) is 2. The smallest absolute Gasteiger partial charge is 0.336 e. The van der Waals surface area contributed by atoms with Gasteiger partial charge in [0.1, 0.15) is 0 Å². The van der Waals surface area contributed by atoms with Crippen LogP contribution in [-0.2, 0) is 0 Å². The number of nitrogens with zero attached hydrogens (tertiary/aromatic N) is 1. The van der Waals surface area contributed by atoms with Gasteiger partial charge in [-0.3, -0.25) is 4.79 Å². The number of carbonyl (C=O) groups excluding carboxylic acids is 1. The van der Waals surface area contributed by atoms with Gasteiger partial charge in [0.15, 0.2) is 0 Å². The lowest BCUT2D eigenvalue weighted by Crippen LogP contribution is -2.46. The first-order valence-corrected chi connectivity index (χ1v) is 7.22. The Morgan fingerprint density at radius 3 is 2.38 bits per heavy atom. The van der Waals surface area contributed by atoms with Crippen LogP contribution in [0.1, 0.15) is 51.1 Å². The number of carbonyl (C=O) groups is 2. The SMILES string of the molecule is Cc1ccc(C)c(C(=O)N2CCCCC2CO)c1C(=O)O. The number of aromatic carboxylic acids is 1. The molecule has 1 heterocycles. The van der Waals surface area contributed by atoms with E-state index in [1.807, 2.05) is 0 Å². The fourth-order valence-corrected chi connectivity index (χ4v) is 2.96. The minimum absolute atomic E-state index is 0.0715. The fraction of sp³-hybridized carbons (Fsp3) is 0.500. The molecule has 1 aliphatic heterocycles. The van der Waals surface area contributed by atoms with E-state index in [-0.39, 0.29) is 29.7 Å². The van der Waals surface area contributed by atoms with E-state index >= 15 is 0 Å². The third-order valence-corrected chi connectivity index (χ3v) is 4.15. The molecule has 0 radical (unpaired) electrons. The Balaban J connectivity index is 2.47. The van der Waals surface area contributed by atoms with Gasteiger partial charge in [0.25, 0.3) is 5.91 Å². The lowest BCUT2D eigenvalue weighted by atomic mass is 9.94. The molecule has 1 amide bonds. The molecule has 1 aromatic rings. The number of aryl methyl sites for hydroxylation is 2. The molecule has 1 atom stereocenters. The average molecular weight is 291 g/mol. The Labute approximate surface area is 124 Å². The van der Waals surface area contributed by atoms with Crippen LogP contribution in [0.3, 0.4) is 0 Å². The molecule has 1 fully saturated rings. The summed E-state index contributed by atoms with van der Waals surface area (Å²) in [5, 5.41) is 18.9. The maximum Gasteiger partial charge on any atom is 0.336 e. The second kappa shape index (κ2) is 6.26. The normalized spacial score (nSPS) is 18.6. The number of aliphatic hydroxyl groups excluding tert-OH is 1. The molecule has 0 aromatic heterocycles. The van der Waals surface area contributed by atoms with Crippen molar-refractivity contribution >= 4 is 11.9 Å². The Bertz CT molecular complexity index is 568. The molecule has 1 aromatic carbocycles. The zero-order valence-electron chi connectivity index (χ0n) is 12.4. The van der Waals surface area contributed by atoms with Crippen LogP contribution in [0.4, 0.5) is 0 Å². The number of piperidine rings is 1. The Hall–Kier alpha value is -1.88. The molecule has 2 rings (SSSR count). The Morgan fingerprint density at radius 2 is 1.81 bits per heavy atom. The second-order valence-electron chi connectivity index (χ2n) is 5.59. The number of aliphatic hydroxyl groups is 1. The van der Waals surface area contributed by atoms with E-state index in [4.69, 9.17) is 0 Å². The van der Waals surface area contributed by atoms with Gasteiger partial charge in [-0.1, -0.05) is 12.1 Å². The van der Waals surface area contributed by atoms with Crippen LogP contribution < -0.4 is 0 Å². The second-order valence-corrected chi connectivity index (χ2v) is 5.59. The van der Waals surface area contributed by atoms with Crippen molar-refractivity contribution in [3.63, 3.8) is 0 Å². The van der Waals surface area contributed by atoms with E-state index in [1.165, 1.54) is 0 Å². The highest BCUT2D eigenvalue weighted by Gasteiger charge is 2.31. The molecule has 0 spiro atoms. The van der Waals surface area contributed by atoms with Crippen LogP contribution >= 0.6 is 0 Å². The molecule has 0 saturated carbocycles. The van der Waals surface area contributed by atoms with Gasteiger partial charge in [-0.2, -0.15) is 0 Å². The number of carboxylic acids is 1. The summed E-state index contributed by atoms with van der Waals surface area (Å²) in [6.07, 6.45) is 2.62. The van der Waals surface area contributed by atoms with Crippen LogP contribution in [0.25, 0.3) is 0 Å². The molecule has 1 unspecified atom stereocenters. The lowest BCUT2D eigenvalue weighted by molar-refractivity contribution is 0.0494. The van der Waals surface area contributed by atoms with Crippen molar-refractivity contribution in [3.8, 4) is 0 Å². The van der Waals surface area contributed by atoms with Crippen LogP contribution in [0.15, 0.2) is 12.1 Å². The minimum atomic E-state index is -1.09. The van der Waals surface area contributed by atoms with Gasteiger partial charge in [-0.25, -0.2) is 4.79 Å². The van der Waals surface area contributed by atoms with Crippen molar-refractivity contribution < 1.29 is 19.8 Å². The summed E-state index contributed by atoms with van der Waals surface area (Å²) in [5.41, 5.74) is 1.56. The molecule has 0 aliphatic carbocycles. The van der Waals surface area contributed by atoms with E-state index in [2.05, 4.69) is 0 Å². The predicted molar refractivity (Wildman–Crippen MR) is 78.6 cm³/mol. The fourth-order valence-electron chi connectivity index (χ4n) is 2.96. The number of hydrogen-bond acceptors (Lipinski definition) is 3. The van der Waals surface area contributed by atoms with E-state index < -0.39 is 5.97 Å². The molecule has 2 N–H and O–H groups in total. The van der Waals surface area contributed by atoms with Crippen molar-refractivity contribution in [1.82, 2.24) is 4.90 Å². The van der Waals surface area contributed by atoms with Gasteiger partial charge in [0.05, 0.1) is 23.8 Å². The van der Waals surface area contributed by atoms with E-state index in [1.54, 1.807) is 30.9 Å². The lowest BCUT2D eigenvalue weighted by Gasteiger charge is -2.35. The topological polar surface area (TPSA) is 77.8 Å². The molecular formula is C16H21NO4. The maximum absolute atomic E-state index is 12.8. The first kappa shape index (κ1) is 15.5. The molecule has 21 heavy (non-hydrogen) atoms. The van der Waals surface area contributed by atoms with Crippen molar-refractivity contribution in [2.75, 3.05) is 13.2 Å². The van der Waals surface area contributed by atoms with E-state index in [0.29, 0.717) is 17.7 Å². The first-order chi connectivity index (χ1) is 9.97. The molecule has 1 aliphatic rings. The molecule has 0 bridgehead atoms. The monoisotopic (exact) mass is 291 g/mol. The standard InChI is InChI=1S/C16H21NO4/c1-10-6-7-11(2)14(16(20)21)13(10)15(19)17-8-4-3-5-12(17)9-18/h6-7,12,18H,3-5,8-9H2,1-2H3,(H,20,21). The molecule has 5 heteroatoms. The van der Waals surface area contributed by atoms with Crippen LogP contribution in [0.5, 0.6) is 0 Å². The summed E-state index contributed by atoms with van der Waals surface area (Å²) in [6, 6.07) is 3.27. The van der Waals surface area contributed by atoms with Gasteiger partial charge >= 0.3 is 5.97 Å². The van der Waals surface area contributed by atoms with Crippen LogP contribution in [0, 0.1) is 13.8 Å². The predicted octanol–water partition coefficient (Wildman–Crippen LogP) is 1.99. The number of rotatable bonds is 3. The minimum Gasteiger partial charge on any atom is -0.478 e. The highest BCUT2D eigenvalue weighted by Crippen LogP contribution is 2.25. The number of benzene rings is 1. The summed E-state index contributed by atoms with van der Waals surface area (Å²) in [5.74, 6) is -1.37. The largest absolute Gasteiger partial charge is 0.478 e. The third kappa shape index (κ3) is 2.93. The van der Waals surface area contributed by atoms with E-state index in [9.17, 15) is 19.8 Å². The summed E-state index contributed by atoms with van der Waals surface area (Å²) in [6.45, 7) is 3.92.